The first-order chi connectivity index (χ1) is 10.8. The van der Waals surface area contributed by atoms with Gasteiger partial charge in [-0.3, -0.25) is 10.2 Å². The summed E-state index contributed by atoms with van der Waals surface area (Å²) in [4.78, 5) is 19.2. The minimum Gasteiger partial charge on any atom is -0.333 e. The Labute approximate surface area is 133 Å². The summed E-state index contributed by atoms with van der Waals surface area (Å²) in [6.45, 7) is 2.29. The van der Waals surface area contributed by atoms with E-state index in [1.54, 1.807) is 0 Å². The summed E-state index contributed by atoms with van der Waals surface area (Å²) in [5.41, 5.74) is 0.933. The highest BCUT2D eigenvalue weighted by atomic mass is 32.1. The highest BCUT2D eigenvalue weighted by Gasteiger charge is 2.36. The Morgan fingerprint density at radius 3 is 3.05 bits per heavy atom. The van der Waals surface area contributed by atoms with Crippen LogP contribution in [0.4, 0.5) is 9.93 Å². The molecule has 2 saturated heterocycles. The predicted octanol–water partition coefficient (Wildman–Crippen LogP) is 3.04. The van der Waals surface area contributed by atoms with Crippen molar-refractivity contribution in [1.29, 1.82) is 0 Å². The summed E-state index contributed by atoms with van der Waals surface area (Å²) in [7, 11) is 0. The molecule has 116 valence electrons. The van der Waals surface area contributed by atoms with E-state index in [2.05, 4.69) is 20.5 Å². The van der Waals surface area contributed by atoms with E-state index < -0.39 is 0 Å². The van der Waals surface area contributed by atoms with E-state index in [4.69, 9.17) is 0 Å². The second kappa shape index (κ2) is 5.85. The fraction of sp³-hybridized carbons (Fsp3) is 0.500. The minimum absolute atomic E-state index is 0.128. The molecule has 0 spiro atoms. The maximum absolute atomic E-state index is 12.2. The maximum Gasteiger partial charge on any atom is 0.321 e. The Bertz CT molecular complexity index is 653. The first-order valence-corrected chi connectivity index (χ1v) is 8.78. The largest absolute Gasteiger partial charge is 0.333 e. The molecule has 22 heavy (non-hydrogen) atoms. The average Bonchev–Trinajstić information content (AvgIpc) is 3.11. The SMILES string of the molecule is O=C(Nc1nc2ccccc2s1)N[C@@H]1CCN2CCCC[C@H]12. The molecule has 1 aromatic carbocycles. The molecular weight excluding hydrogens is 296 g/mol. The van der Waals surface area contributed by atoms with Gasteiger partial charge in [0, 0.05) is 18.6 Å². The molecular formula is C16H20N4OS. The molecule has 0 radical (unpaired) electrons. The highest BCUT2D eigenvalue weighted by molar-refractivity contribution is 7.22. The molecule has 2 amide bonds. The third kappa shape index (κ3) is 2.68. The topological polar surface area (TPSA) is 57.3 Å². The van der Waals surface area contributed by atoms with Crippen molar-refractivity contribution in [3.63, 3.8) is 0 Å². The molecule has 2 N–H and O–H groups in total. The number of urea groups is 1. The number of anilines is 1. The number of hydrogen-bond acceptors (Lipinski definition) is 4. The van der Waals surface area contributed by atoms with Gasteiger partial charge in [0.25, 0.3) is 0 Å². The Hall–Kier alpha value is -1.66. The molecule has 0 unspecified atom stereocenters. The molecule has 2 aliphatic heterocycles. The van der Waals surface area contributed by atoms with Crippen LogP contribution in [-0.2, 0) is 0 Å². The van der Waals surface area contributed by atoms with E-state index in [1.807, 2.05) is 24.3 Å². The predicted molar refractivity (Wildman–Crippen MR) is 89.4 cm³/mol. The van der Waals surface area contributed by atoms with E-state index in [-0.39, 0.29) is 12.1 Å². The third-order valence-electron chi connectivity index (χ3n) is 4.69. The number of aromatic nitrogens is 1. The molecule has 0 bridgehead atoms. The summed E-state index contributed by atoms with van der Waals surface area (Å²) in [6, 6.07) is 8.60. The van der Waals surface area contributed by atoms with Crippen molar-refractivity contribution in [2.24, 2.45) is 0 Å². The van der Waals surface area contributed by atoms with Crippen molar-refractivity contribution in [3.8, 4) is 0 Å². The maximum atomic E-state index is 12.2. The van der Waals surface area contributed by atoms with Crippen molar-refractivity contribution in [3.05, 3.63) is 24.3 Å². The molecule has 6 heteroatoms. The summed E-state index contributed by atoms with van der Waals surface area (Å²) < 4.78 is 1.09. The molecule has 2 aromatic rings. The van der Waals surface area contributed by atoms with Crippen LogP contribution in [-0.4, -0.2) is 41.1 Å². The number of nitrogens with one attached hydrogen (secondary N) is 2. The van der Waals surface area contributed by atoms with E-state index in [0.717, 1.165) is 23.2 Å². The number of para-hydroxylation sites is 1. The second-order valence-corrected chi connectivity index (χ2v) is 7.11. The lowest BCUT2D eigenvalue weighted by Crippen LogP contribution is -2.47. The van der Waals surface area contributed by atoms with E-state index in [9.17, 15) is 4.79 Å². The third-order valence-corrected chi connectivity index (χ3v) is 5.64. The molecule has 2 aliphatic rings. The number of piperidine rings is 1. The zero-order valence-corrected chi connectivity index (χ0v) is 13.2. The van der Waals surface area contributed by atoms with E-state index in [0.29, 0.717) is 11.2 Å². The monoisotopic (exact) mass is 316 g/mol. The minimum atomic E-state index is -0.128. The van der Waals surface area contributed by atoms with Gasteiger partial charge in [-0.05, 0) is 37.9 Å². The molecule has 0 saturated carbocycles. The van der Waals surface area contributed by atoms with Crippen LogP contribution < -0.4 is 10.6 Å². The van der Waals surface area contributed by atoms with Gasteiger partial charge in [0.1, 0.15) is 0 Å². The van der Waals surface area contributed by atoms with Crippen molar-refractivity contribution in [2.45, 2.75) is 37.8 Å². The van der Waals surface area contributed by atoms with Gasteiger partial charge < -0.3 is 5.32 Å². The number of nitrogens with zero attached hydrogens (tertiary/aromatic N) is 2. The van der Waals surface area contributed by atoms with Crippen LogP contribution in [0.1, 0.15) is 25.7 Å². The van der Waals surface area contributed by atoms with Crippen molar-refractivity contribution < 1.29 is 4.79 Å². The Morgan fingerprint density at radius 2 is 2.14 bits per heavy atom. The van der Waals surface area contributed by atoms with Gasteiger partial charge in [-0.2, -0.15) is 0 Å². The molecule has 2 atom stereocenters. The second-order valence-electron chi connectivity index (χ2n) is 6.08. The Kier molecular flexibility index (Phi) is 3.72. The van der Waals surface area contributed by atoms with Gasteiger partial charge in [0.15, 0.2) is 5.13 Å². The lowest BCUT2D eigenvalue weighted by atomic mass is 9.99. The van der Waals surface area contributed by atoms with Gasteiger partial charge >= 0.3 is 6.03 Å². The fourth-order valence-electron chi connectivity index (χ4n) is 3.64. The highest BCUT2D eigenvalue weighted by Crippen LogP contribution is 2.28. The Balaban J connectivity index is 1.40. The van der Waals surface area contributed by atoms with Crippen LogP contribution in [0.15, 0.2) is 24.3 Å². The zero-order valence-electron chi connectivity index (χ0n) is 12.4. The van der Waals surface area contributed by atoms with Crippen molar-refractivity contribution >= 4 is 32.7 Å². The number of amides is 2. The zero-order chi connectivity index (χ0) is 14.9. The normalized spacial score (nSPS) is 25.1. The number of benzene rings is 1. The van der Waals surface area contributed by atoms with Gasteiger partial charge in [-0.15, -0.1) is 0 Å². The lowest BCUT2D eigenvalue weighted by molar-refractivity contribution is 0.180. The number of thiazole rings is 1. The summed E-state index contributed by atoms with van der Waals surface area (Å²) in [5, 5.41) is 6.70. The fourth-order valence-corrected chi connectivity index (χ4v) is 4.50. The molecule has 5 nitrogen and oxygen atoms in total. The van der Waals surface area contributed by atoms with Crippen LogP contribution in [0.2, 0.25) is 0 Å². The number of fused-ring (bicyclic) bond motifs is 2. The van der Waals surface area contributed by atoms with Crippen molar-refractivity contribution in [1.82, 2.24) is 15.2 Å². The summed E-state index contributed by atoms with van der Waals surface area (Å²) in [6.07, 6.45) is 4.82. The first-order valence-electron chi connectivity index (χ1n) is 7.97. The van der Waals surface area contributed by atoms with Crippen LogP contribution >= 0.6 is 11.3 Å². The van der Waals surface area contributed by atoms with Crippen LogP contribution in [0, 0.1) is 0 Å². The number of hydrogen-bond donors (Lipinski definition) is 2. The Morgan fingerprint density at radius 1 is 1.23 bits per heavy atom. The molecule has 4 rings (SSSR count). The summed E-state index contributed by atoms with van der Waals surface area (Å²) in [5.74, 6) is 0. The molecule has 3 heterocycles. The quantitative estimate of drug-likeness (QED) is 0.895. The molecule has 0 aliphatic carbocycles. The molecule has 2 fully saturated rings. The van der Waals surface area contributed by atoms with E-state index >= 15 is 0 Å². The van der Waals surface area contributed by atoms with Gasteiger partial charge in [0.2, 0.25) is 0 Å². The molecule has 1 aromatic heterocycles. The van der Waals surface area contributed by atoms with Crippen LogP contribution in [0.25, 0.3) is 10.2 Å². The first kappa shape index (κ1) is 14.0. The lowest BCUT2D eigenvalue weighted by Gasteiger charge is -2.32. The number of carbonyl (C=O) groups is 1. The van der Waals surface area contributed by atoms with Crippen LogP contribution in [0.3, 0.4) is 0 Å². The van der Waals surface area contributed by atoms with Gasteiger partial charge in [-0.1, -0.05) is 29.9 Å². The summed E-state index contributed by atoms with van der Waals surface area (Å²) >= 11 is 1.51. The number of carbonyl (C=O) groups excluding carboxylic acids is 1. The van der Waals surface area contributed by atoms with E-state index in [1.165, 1.54) is 37.1 Å². The standard InChI is InChI=1S/C16H20N4OS/c21-15(17-11-8-10-20-9-4-3-6-13(11)20)19-16-18-12-5-1-2-7-14(12)22-16/h1-2,5,7,11,13H,3-4,6,8-10H2,(H2,17,18,19,21)/t11-,13-/m1/s1. The van der Waals surface area contributed by atoms with Crippen molar-refractivity contribution in [2.75, 3.05) is 18.4 Å². The number of rotatable bonds is 2. The van der Waals surface area contributed by atoms with Gasteiger partial charge in [0.05, 0.1) is 10.2 Å². The van der Waals surface area contributed by atoms with Gasteiger partial charge in [-0.25, -0.2) is 9.78 Å². The van der Waals surface area contributed by atoms with Crippen LogP contribution in [0.5, 0.6) is 0 Å². The smallest absolute Gasteiger partial charge is 0.321 e. The average molecular weight is 316 g/mol.